The molecule has 2 amide bonds. The number of carbonyl (C=O) groups is 4. The van der Waals surface area contributed by atoms with E-state index in [0.29, 0.717) is 0 Å². The zero-order valence-corrected chi connectivity index (χ0v) is 19.9. The van der Waals surface area contributed by atoms with Gasteiger partial charge < -0.3 is 30.5 Å². The van der Waals surface area contributed by atoms with Crippen molar-refractivity contribution in [3.63, 3.8) is 0 Å². The van der Waals surface area contributed by atoms with Crippen LogP contribution < -0.4 is 45.7 Å². The Labute approximate surface area is 210 Å². The van der Waals surface area contributed by atoms with Gasteiger partial charge in [-0.2, -0.15) is 0 Å². The van der Waals surface area contributed by atoms with Gasteiger partial charge in [0.05, 0.1) is 15.8 Å². The zero-order chi connectivity index (χ0) is 24.5. The standard InChI is InChI=1S/C16H17N5O7S2.Na/c1-6(22)28-3-7-4-29-14-10(13(24)21(14)11(7)15(25)26)19-12(23)9(20-27-2)8-5-30-16(17)18-8;/h5,10,14H,3-4H2,1-2H3,(H2,17,18)(H,19,23)(H,25,26);/q;+1/p-1/b20-9+;/t10-,14-;/m1./s1/i2+1D3;. The van der Waals surface area contributed by atoms with Gasteiger partial charge in [0, 0.05) is 23.6 Å². The smallest absolute Gasteiger partial charge is 0.543 e. The summed E-state index contributed by atoms with van der Waals surface area (Å²) in [7, 11) is -2.94. The van der Waals surface area contributed by atoms with Crippen LogP contribution in [0.2, 0.25) is 0 Å². The van der Waals surface area contributed by atoms with Gasteiger partial charge in [-0.25, -0.2) is 4.98 Å². The van der Waals surface area contributed by atoms with E-state index in [-0.39, 0.29) is 58.3 Å². The number of thioether (sulfide) groups is 1. The number of nitrogen functional groups attached to an aromatic ring is 1. The van der Waals surface area contributed by atoms with Crippen LogP contribution in [0.5, 0.6) is 0 Å². The number of ether oxygens (including phenoxy) is 1. The number of carboxylic acid groups (broad SMARTS) is 1. The number of aliphatic carboxylic acids is 1. The number of oxime groups is 1. The second-order valence-corrected chi connectivity index (χ2v) is 7.98. The van der Waals surface area contributed by atoms with Crippen LogP contribution in [-0.2, 0) is 28.8 Å². The van der Waals surface area contributed by atoms with E-state index in [4.69, 9.17) is 14.6 Å². The molecule has 0 aromatic carbocycles. The molecule has 3 N–H and O–H groups in total. The van der Waals surface area contributed by atoms with Gasteiger partial charge in [-0.3, -0.25) is 19.3 Å². The van der Waals surface area contributed by atoms with E-state index in [2.05, 4.69) is 20.3 Å². The molecule has 2 atom stereocenters. The SMILES string of the molecule is [2H][13C]([2H])([2H])O/N=C(/C(=O)N[C@@H]1C(=O)N2C(C(=O)[O-])=C(COC(C)=O)CS[C@H]12)c1csc(N)n1.[Na+]. The van der Waals surface area contributed by atoms with Crippen molar-refractivity contribution in [3.05, 3.63) is 22.3 Å². The van der Waals surface area contributed by atoms with Crippen LogP contribution in [-0.4, -0.2) is 70.2 Å². The van der Waals surface area contributed by atoms with E-state index < -0.39 is 53.6 Å². The van der Waals surface area contributed by atoms with Crippen LogP contribution >= 0.6 is 23.1 Å². The minimum absolute atomic E-state index is 0. The number of anilines is 1. The van der Waals surface area contributed by atoms with E-state index in [1.165, 1.54) is 5.38 Å². The Morgan fingerprint density at radius 3 is 2.84 bits per heavy atom. The van der Waals surface area contributed by atoms with Crippen molar-refractivity contribution in [3.8, 4) is 0 Å². The third-order valence-corrected chi connectivity index (χ3v) is 6.11. The van der Waals surface area contributed by atoms with Crippen LogP contribution in [0, 0.1) is 0 Å². The first-order valence-electron chi connectivity index (χ1n) is 9.69. The number of carbonyl (C=O) groups excluding carboxylic acids is 4. The van der Waals surface area contributed by atoms with Gasteiger partial charge in [-0.05, 0) is 0 Å². The summed E-state index contributed by atoms with van der Waals surface area (Å²) in [6.45, 7) is 0.830. The Morgan fingerprint density at radius 2 is 2.26 bits per heavy atom. The molecule has 2 aliphatic heterocycles. The molecule has 2 aliphatic rings. The van der Waals surface area contributed by atoms with Crippen molar-refractivity contribution in [2.75, 3.05) is 25.1 Å². The van der Waals surface area contributed by atoms with Crippen LogP contribution in [0.1, 0.15) is 16.7 Å². The van der Waals surface area contributed by atoms with Crippen LogP contribution in [0.4, 0.5) is 5.13 Å². The average molecular weight is 481 g/mol. The molecule has 0 spiro atoms. The molecular weight excluding hydrogens is 462 g/mol. The van der Waals surface area contributed by atoms with Gasteiger partial charge in [0.2, 0.25) is 0 Å². The molecule has 1 saturated heterocycles. The third kappa shape index (κ3) is 5.20. The third-order valence-electron chi connectivity index (χ3n) is 4.09. The van der Waals surface area contributed by atoms with Gasteiger partial charge in [-0.15, -0.1) is 23.1 Å². The fourth-order valence-corrected chi connectivity index (χ4v) is 4.70. The topological polar surface area (TPSA) is 176 Å². The summed E-state index contributed by atoms with van der Waals surface area (Å²) in [4.78, 5) is 57.3. The molecule has 1 aromatic rings. The number of aromatic nitrogens is 1. The van der Waals surface area contributed by atoms with Gasteiger partial charge >= 0.3 is 35.5 Å². The Morgan fingerprint density at radius 1 is 1.52 bits per heavy atom. The van der Waals surface area contributed by atoms with Gasteiger partial charge in [0.15, 0.2) is 10.8 Å². The molecule has 0 aliphatic carbocycles. The molecule has 0 bridgehead atoms. The summed E-state index contributed by atoms with van der Waals surface area (Å²) in [6, 6.07) is -1.15. The number of nitrogens with two attached hydrogens (primary N) is 1. The quantitative estimate of drug-likeness (QED) is 0.0958. The number of amides is 2. The molecule has 12 nitrogen and oxygen atoms in total. The number of nitrogens with zero attached hydrogens (tertiary/aromatic N) is 3. The van der Waals surface area contributed by atoms with E-state index in [1.807, 2.05) is 0 Å². The summed E-state index contributed by atoms with van der Waals surface area (Å²) in [5, 5.41) is 18.0. The van der Waals surface area contributed by atoms with Crippen LogP contribution in [0.3, 0.4) is 0 Å². The van der Waals surface area contributed by atoms with Crippen molar-refractivity contribution in [1.82, 2.24) is 15.2 Å². The Hall–Kier alpha value is -2.13. The number of hydrogen-bond donors (Lipinski definition) is 2. The van der Waals surface area contributed by atoms with Crippen molar-refractivity contribution in [2.24, 2.45) is 5.16 Å². The molecule has 0 radical (unpaired) electrons. The first-order chi connectivity index (χ1) is 15.4. The average Bonchev–Trinajstić information content (AvgIpc) is 3.14. The number of fused-ring (bicyclic) bond motifs is 1. The number of hydrogen-bond acceptors (Lipinski definition) is 12. The molecule has 3 rings (SSSR count). The van der Waals surface area contributed by atoms with Gasteiger partial charge in [0.25, 0.3) is 11.8 Å². The fourth-order valence-electron chi connectivity index (χ4n) is 2.83. The van der Waals surface area contributed by atoms with Crippen LogP contribution in [0.15, 0.2) is 21.8 Å². The molecular formula is C16H16N5NaO7S2. The maximum absolute atomic E-state index is 12.8. The predicted octanol–water partition coefficient (Wildman–Crippen LogP) is -4.95. The van der Waals surface area contributed by atoms with E-state index in [0.717, 1.165) is 34.9 Å². The van der Waals surface area contributed by atoms with E-state index >= 15 is 0 Å². The normalized spacial score (nSPS) is 22.1. The zero-order valence-electron chi connectivity index (χ0n) is 19.2. The molecule has 15 heteroatoms. The fraction of sp³-hybridized carbons (Fsp3) is 0.375. The van der Waals surface area contributed by atoms with Gasteiger partial charge in [0.1, 0.15) is 30.8 Å². The number of nitrogens with one attached hydrogen (secondary N) is 1. The second kappa shape index (κ2) is 10.5. The number of rotatable bonds is 7. The number of β-lactam (4-membered cyclic amide) rings is 1. The van der Waals surface area contributed by atoms with Crippen molar-refractivity contribution in [1.29, 1.82) is 0 Å². The van der Waals surface area contributed by atoms with Crippen molar-refractivity contribution in [2.45, 2.75) is 18.3 Å². The monoisotopic (exact) mass is 481 g/mol. The van der Waals surface area contributed by atoms with E-state index in [1.54, 1.807) is 0 Å². The summed E-state index contributed by atoms with van der Waals surface area (Å²) in [6.07, 6.45) is 0. The summed E-state index contributed by atoms with van der Waals surface area (Å²) in [5.41, 5.74) is 4.70. The molecule has 0 saturated carbocycles. The molecule has 0 unspecified atom stereocenters. The summed E-state index contributed by atoms with van der Waals surface area (Å²) in [5.74, 6) is -3.89. The molecule has 1 fully saturated rings. The minimum atomic E-state index is -2.94. The van der Waals surface area contributed by atoms with E-state index in [9.17, 15) is 24.3 Å². The Balaban J connectivity index is 0.00000408. The van der Waals surface area contributed by atoms with Crippen LogP contribution in [0.25, 0.3) is 0 Å². The summed E-state index contributed by atoms with van der Waals surface area (Å²) < 4.78 is 26.1. The number of thiazole rings is 1. The van der Waals surface area contributed by atoms with Crippen molar-refractivity contribution >= 4 is 57.7 Å². The molecule has 3 heterocycles. The maximum Gasteiger partial charge on any atom is 1.00 e. The largest absolute Gasteiger partial charge is 1.00 e. The molecule has 160 valence electrons. The Bertz CT molecular complexity index is 1080. The van der Waals surface area contributed by atoms with Crippen molar-refractivity contribution < 1.29 is 67.5 Å². The molecule has 31 heavy (non-hydrogen) atoms. The number of carboxylic acids is 1. The first kappa shape index (κ1) is 20.8. The minimum Gasteiger partial charge on any atom is -0.543 e. The first-order valence-corrected chi connectivity index (χ1v) is 10.1. The summed E-state index contributed by atoms with van der Waals surface area (Å²) >= 11 is 2.10. The second-order valence-electron chi connectivity index (χ2n) is 5.98. The maximum atomic E-state index is 12.8. The predicted molar refractivity (Wildman–Crippen MR) is 104 cm³/mol. The van der Waals surface area contributed by atoms with Gasteiger partial charge in [-0.1, -0.05) is 5.16 Å². The number of esters is 1. The Kier molecular flexibility index (Phi) is 7.00. The molecule has 1 aromatic heterocycles.